The molecule has 1 atom stereocenters. The number of halogens is 2. The summed E-state index contributed by atoms with van der Waals surface area (Å²) in [6.45, 7) is 3.31. The van der Waals surface area contributed by atoms with Gasteiger partial charge < -0.3 is 15.2 Å². The molecule has 1 unspecified atom stereocenters. The van der Waals surface area contributed by atoms with Crippen molar-refractivity contribution < 1.29 is 9.59 Å². The van der Waals surface area contributed by atoms with Crippen molar-refractivity contribution in [2.75, 3.05) is 13.1 Å². The van der Waals surface area contributed by atoms with Crippen LogP contribution in [-0.4, -0.2) is 39.7 Å². The quantitative estimate of drug-likeness (QED) is 0.825. The molecule has 132 valence electrons. The maximum Gasteiger partial charge on any atom is 0.289 e. The second-order valence-electron chi connectivity index (χ2n) is 5.75. The summed E-state index contributed by atoms with van der Waals surface area (Å²) >= 11 is 12.3. The van der Waals surface area contributed by atoms with Gasteiger partial charge in [-0.1, -0.05) is 29.3 Å². The number of rotatable bonds is 5. The van der Waals surface area contributed by atoms with Gasteiger partial charge in [-0.15, -0.1) is 10.2 Å². The van der Waals surface area contributed by atoms with Gasteiger partial charge in [0.15, 0.2) is 0 Å². The smallest absolute Gasteiger partial charge is 0.289 e. The first-order valence-corrected chi connectivity index (χ1v) is 8.66. The molecule has 0 bridgehead atoms. The first-order valence-electron chi connectivity index (χ1n) is 7.91. The topological polar surface area (TPSA) is 88.9 Å². The Balaban J connectivity index is 1.61. The van der Waals surface area contributed by atoms with E-state index in [9.17, 15) is 9.59 Å². The van der Waals surface area contributed by atoms with Gasteiger partial charge in [-0.3, -0.25) is 9.59 Å². The molecule has 9 heteroatoms. The first kappa shape index (κ1) is 17.7. The van der Waals surface area contributed by atoms with Crippen LogP contribution >= 0.6 is 23.2 Å². The van der Waals surface area contributed by atoms with Crippen molar-refractivity contribution in [3.05, 3.63) is 45.5 Å². The maximum absolute atomic E-state index is 12.4. The highest BCUT2D eigenvalue weighted by Crippen LogP contribution is 2.31. The van der Waals surface area contributed by atoms with E-state index in [1.54, 1.807) is 29.7 Å². The molecule has 1 aliphatic rings. The van der Waals surface area contributed by atoms with E-state index in [4.69, 9.17) is 23.2 Å². The zero-order chi connectivity index (χ0) is 18.0. The second kappa shape index (κ2) is 7.41. The third-order valence-corrected chi connectivity index (χ3v) is 4.78. The Morgan fingerprint density at radius 1 is 1.36 bits per heavy atom. The first-order chi connectivity index (χ1) is 12.0. The number of aromatic nitrogens is 3. The molecule has 7 nitrogen and oxygen atoms in total. The van der Waals surface area contributed by atoms with Crippen molar-refractivity contribution in [3.8, 4) is 0 Å². The average molecular weight is 382 g/mol. The van der Waals surface area contributed by atoms with Crippen LogP contribution in [-0.2, 0) is 17.8 Å². The Kier molecular flexibility index (Phi) is 5.24. The molecule has 0 saturated heterocycles. The number of fused-ring (bicyclic) bond motifs is 1. The standard InChI is InChI=1S/C16H17Cl2N5O2/c1-9(13-10(17)3-2-4-11(13)18)15(24)19-6-5-12-21-22-14-16(25)20-7-8-23(12)14/h2-4,9H,5-8H2,1H3,(H,19,24)(H,20,25). The molecular weight excluding hydrogens is 365 g/mol. The van der Waals surface area contributed by atoms with Crippen molar-refractivity contribution in [2.45, 2.75) is 25.8 Å². The number of amides is 2. The Morgan fingerprint density at radius 2 is 2.08 bits per heavy atom. The van der Waals surface area contributed by atoms with Crippen LogP contribution in [0.4, 0.5) is 0 Å². The molecule has 3 rings (SSSR count). The van der Waals surface area contributed by atoms with Gasteiger partial charge in [0.1, 0.15) is 5.82 Å². The Labute approximate surface area is 154 Å². The number of benzene rings is 1. The Bertz CT molecular complexity index is 801. The van der Waals surface area contributed by atoms with Gasteiger partial charge in [0, 0.05) is 41.7 Å². The lowest BCUT2D eigenvalue weighted by Gasteiger charge is -2.17. The minimum absolute atomic E-state index is 0.175. The average Bonchev–Trinajstić information content (AvgIpc) is 2.99. The predicted molar refractivity (Wildman–Crippen MR) is 93.9 cm³/mol. The van der Waals surface area contributed by atoms with E-state index in [0.29, 0.717) is 53.3 Å². The number of hydrogen-bond acceptors (Lipinski definition) is 4. The lowest BCUT2D eigenvalue weighted by Crippen LogP contribution is -2.36. The van der Waals surface area contributed by atoms with Crippen molar-refractivity contribution >= 4 is 35.0 Å². The number of hydrogen-bond donors (Lipinski definition) is 2. The van der Waals surface area contributed by atoms with E-state index in [1.165, 1.54) is 0 Å². The molecule has 2 aromatic rings. The summed E-state index contributed by atoms with van der Waals surface area (Å²) in [4.78, 5) is 24.0. The maximum atomic E-state index is 12.4. The highest BCUT2D eigenvalue weighted by Gasteiger charge is 2.23. The summed E-state index contributed by atoms with van der Waals surface area (Å²) in [5, 5.41) is 14.4. The molecule has 0 aliphatic carbocycles. The molecule has 2 heterocycles. The lowest BCUT2D eigenvalue weighted by atomic mass is 10.00. The van der Waals surface area contributed by atoms with Crippen molar-refractivity contribution in [1.82, 2.24) is 25.4 Å². The fourth-order valence-corrected chi connectivity index (χ4v) is 3.51. The summed E-state index contributed by atoms with van der Waals surface area (Å²) in [5.41, 5.74) is 0.611. The summed E-state index contributed by atoms with van der Waals surface area (Å²) < 4.78 is 1.78. The minimum Gasteiger partial charge on any atom is -0.355 e. The third kappa shape index (κ3) is 3.62. The molecule has 2 amide bonds. The largest absolute Gasteiger partial charge is 0.355 e. The van der Waals surface area contributed by atoms with Crippen molar-refractivity contribution in [3.63, 3.8) is 0 Å². The zero-order valence-electron chi connectivity index (χ0n) is 13.6. The number of carbonyl (C=O) groups excluding carboxylic acids is 2. The molecular formula is C16H17Cl2N5O2. The van der Waals surface area contributed by atoms with Crippen LogP contribution in [0, 0.1) is 0 Å². The van der Waals surface area contributed by atoms with E-state index in [1.807, 2.05) is 0 Å². The summed E-state index contributed by atoms with van der Waals surface area (Å²) in [6, 6.07) is 5.16. The minimum atomic E-state index is -0.473. The summed E-state index contributed by atoms with van der Waals surface area (Å²) in [5.74, 6) is 0.110. The molecule has 1 aromatic carbocycles. The molecule has 0 fully saturated rings. The van der Waals surface area contributed by atoms with Gasteiger partial charge in [0.2, 0.25) is 11.7 Å². The van der Waals surface area contributed by atoms with Crippen LogP contribution in [0.5, 0.6) is 0 Å². The van der Waals surface area contributed by atoms with E-state index in [-0.39, 0.29) is 11.8 Å². The number of nitrogens with zero attached hydrogens (tertiary/aromatic N) is 3. The number of nitrogens with one attached hydrogen (secondary N) is 2. The van der Waals surface area contributed by atoms with Crippen molar-refractivity contribution in [1.29, 1.82) is 0 Å². The molecule has 0 saturated carbocycles. The van der Waals surface area contributed by atoms with Crippen LogP contribution in [0.15, 0.2) is 18.2 Å². The summed E-state index contributed by atoms with van der Waals surface area (Å²) in [7, 11) is 0. The van der Waals surface area contributed by atoms with E-state index in [0.717, 1.165) is 0 Å². The SMILES string of the molecule is CC(C(=O)NCCc1nnc2n1CCNC2=O)c1c(Cl)cccc1Cl. The molecule has 0 radical (unpaired) electrons. The van der Waals surface area contributed by atoms with Gasteiger partial charge in [-0.2, -0.15) is 0 Å². The fourth-order valence-electron chi connectivity index (χ4n) is 2.79. The fraction of sp³-hybridized carbons (Fsp3) is 0.375. The highest BCUT2D eigenvalue weighted by atomic mass is 35.5. The molecule has 0 spiro atoms. The van der Waals surface area contributed by atoms with E-state index < -0.39 is 5.92 Å². The van der Waals surface area contributed by atoms with Crippen LogP contribution < -0.4 is 10.6 Å². The third-order valence-electron chi connectivity index (χ3n) is 4.13. The Hall–Kier alpha value is -2.12. The predicted octanol–water partition coefficient (Wildman–Crippen LogP) is 1.79. The molecule has 25 heavy (non-hydrogen) atoms. The van der Waals surface area contributed by atoms with E-state index in [2.05, 4.69) is 20.8 Å². The van der Waals surface area contributed by atoms with Gasteiger partial charge in [-0.25, -0.2) is 0 Å². The van der Waals surface area contributed by atoms with Crippen LogP contribution in [0.2, 0.25) is 10.0 Å². The van der Waals surface area contributed by atoms with E-state index >= 15 is 0 Å². The lowest BCUT2D eigenvalue weighted by molar-refractivity contribution is -0.122. The van der Waals surface area contributed by atoms with Gasteiger partial charge in [0.25, 0.3) is 5.91 Å². The zero-order valence-corrected chi connectivity index (χ0v) is 15.1. The molecule has 1 aromatic heterocycles. The van der Waals surface area contributed by atoms with Crippen molar-refractivity contribution in [2.24, 2.45) is 0 Å². The normalized spacial score (nSPS) is 14.6. The van der Waals surface area contributed by atoms with Gasteiger partial charge in [-0.05, 0) is 19.1 Å². The second-order valence-corrected chi connectivity index (χ2v) is 6.56. The monoisotopic (exact) mass is 381 g/mol. The molecule has 1 aliphatic heterocycles. The Morgan fingerprint density at radius 3 is 2.80 bits per heavy atom. The van der Waals surface area contributed by atoms with Gasteiger partial charge in [0.05, 0.1) is 5.92 Å². The number of carbonyl (C=O) groups is 2. The van der Waals surface area contributed by atoms with Crippen LogP contribution in [0.3, 0.4) is 0 Å². The van der Waals surface area contributed by atoms with Crippen LogP contribution in [0.1, 0.15) is 34.8 Å². The van der Waals surface area contributed by atoms with Crippen LogP contribution in [0.25, 0.3) is 0 Å². The molecule has 2 N–H and O–H groups in total. The van der Waals surface area contributed by atoms with Gasteiger partial charge >= 0.3 is 0 Å². The highest BCUT2D eigenvalue weighted by molar-refractivity contribution is 6.36. The summed E-state index contributed by atoms with van der Waals surface area (Å²) in [6.07, 6.45) is 0.481.